The number of amides is 1. The minimum Gasteiger partial charge on any atom is -0.444 e. The van der Waals surface area contributed by atoms with Crippen LogP contribution in [-0.2, 0) is 21.3 Å². The number of halogens is 1. The van der Waals surface area contributed by atoms with Gasteiger partial charge in [0, 0.05) is 32.7 Å². The molecule has 31 heavy (non-hydrogen) atoms. The van der Waals surface area contributed by atoms with Crippen LogP contribution in [0.5, 0.6) is 0 Å². The molecule has 3 rings (SSSR count). The number of rotatable bonds is 6. The molecule has 1 unspecified atom stereocenters. The van der Waals surface area contributed by atoms with Crippen LogP contribution in [0.1, 0.15) is 26.3 Å². The Balaban J connectivity index is 0.00000341. The first-order chi connectivity index (χ1) is 14.1. The maximum Gasteiger partial charge on any atom is 0.410 e. The van der Waals surface area contributed by atoms with E-state index in [9.17, 15) is 13.2 Å². The molecule has 2 aliphatic rings. The SMILES string of the molecule is CC(C)(C)OC(=O)N1CCN2C(NCCS(=O)(=O)NCc3ccccc3)=NCC2C1.I. The summed E-state index contributed by atoms with van der Waals surface area (Å²) in [5.41, 5.74) is 0.396. The summed E-state index contributed by atoms with van der Waals surface area (Å²) < 4.78 is 32.5. The molecule has 2 heterocycles. The average Bonchev–Trinajstić information content (AvgIpc) is 3.08. The maximum absolute atomic E-state index is 12.3. The zero-order valence-electron chi connectivity index (χ0n) is 18.2. The van der Waals surface area contributed by atoms with E-state index in [1.807, 2.05) is 51.1 Å². The fraction of sp³-hybridized carbons (Fsp3) is 0.600. The third-order valence-corrected chi connectivity index (χ3v) is 6.18. The molecule has 1 amide bonds. The Morgan fingerprint density at radius 2 is 1.94 bits per heavy atom. The third kappa shape index (κ3) is 7.79. The van der Waals surface area contributed by atoms with E-state index < -0.39 is 15.6 Å². The Bertz CT molecular complexity index is 873. The molecule has 1 saturated heterocycles. The summed E-state index contributed by atoms with van der Waals surface area (Å²) in [5, 5.41) is 3.14. The Morgan fingerprint density at radius 3 is 2.61 bits per heavy atom. The number of hydrogen-bond acceptors (Lipinski definition) is 7. The Kier molecular flexibility index (Phi) is 8.95. The van der Waals surface area contributed by atoms with Gasteiger partial charge in [-0.15, -0.1) is 24.0 Å². The molecule has 2 aliphatic heterocycles. The van der Waals surface area contributed by atoms with Gasteiger partial charge in [-0.05, 0) is 26.3 Å². The molecule has 0 saturated carbocycles. The molecular weight excluding hydrogens is 533 g/mol. The number of nitrogens with one attached hydrogen (secondary N) is 2. The lowest BCUT2D eigenvalue weighted by molar-refractivity contribution is 0.0137. The molecule has 1 fully saturated rings. The molecule has 1 aromatic carbocycles. The fourth-order valence-electron chi connectivity index (χ4n) is 3.38. The topological polar surface area (TPSA) is 103 Å². The highest BCUT2D eigenvalue weighted by Gasteiger charge is 2.36. The van der Waals surface area contributed by atoms with Gasteiger partial charge in [0.2, 0.25) is 10.0 Å². The van der Waals surface area contributed by atoms with Crippen molar-refractivity contribution in [1.82, 2.24) is 19.8 Å². The summed E-state index contributed by atoms with van der Waals surface area (Å²) in [4.78, 5) is 20.6. The molecule has 0 radical (unpaired) electrons. The Labute approximate surface area is 201 Å². The number of aliphatic imine (C=N–C) groups is 1. The highest BCUT2D eigenvalue weighted by Crippen LogP contribution is 2.18. The van der Waals surface area contributed by atoms with Crippen LogP contribution in [0.15, 0.2) is 35.3 Å². The van der Waals surface area contributed by atoms with Gasteiger partial charge >= 0.3 is 6.09 Å². The minimum atomic E-state index is -3.39. The smallest absolute Gasteiger partial charge is 0.410 e. The number of benzene rings is 1. The second-order valence-electron chi connectivity index (χ2n) is 8.49. The van der Waals surface area contributed by atoms with Crippen LogP contribution in [-0.4, -0.2) is 80.4 Å². The Morgan fingerprint density at radius 1 is 1.23 bits per heavy atom. The van der Waals surface area contributed by atoms with Gasteiger partial charge in [-0.1, -0.05) is 30.3 Å². The number of hydrogen-bond donors (Lipinski definition) is 2. The van der Waals surface area contributed by atoms with Crippen LogP contribution in [0.4, 0.5) is 4.79 Å². The van der Waals surface area contributed by atoms with Crippen LogP contribution < -0.4 is 10.0 Å². The maximum atomic E-state index is 12.3. The second-order valence-corrected chi connectivity index (χ2v) is 10.4. The molecule has 0 bridgehead atoms. The number of piperazine rings is 1. The average molecular weight is 565 g/mol. The number of carbonyl (C=O) groups is 1. The van der Waals surface area contributed by atoms with E-state index in [1.54, 1.807) is 4.90 Å². The molecular formula is C20H32IN5O4S. The second kappa shape index (κ2) is 10.8. The van der Waals surface area contributed by atoms with E-state index in [2.05, 4.69) is 19.9 Å². The zero-order chi connectivity index (χ0) is 21.8. The lowest BCUT2D eigenvalue weighted by Gasteiger charge is -2.39. The molecule has 0 aliphatic carbocycles. The number of sulfonamides is 1. The van der Waals surface area contributed by atoms with Gasteiger partial charge in [0.05, 0.1) is 18.3 Å². The third-order valence-electron chi connectivity index (χ3n) is 4.85. The highest BCUT2D eigenvalue weighted by atomic mass is 127. The molecule has 9 nitrogen and oxygen atoms in total. The summed E-state index contributed by atoms with van der Waals surface area (Å²) in [6.07, 6.45) is -0.306. The van der Waals surface area contributed by atoms with Crippen molar-refractivity contribution >= 4 is 46.1 Å². The first-order valence-electron chi connectivity index (χ1n) is 10.2. The Hall–Kier alpha value is -1.60. The number of fused-ring (bicyclic) bond motifs is 1. The number of guanidine groups is 1. The fourth-order valence-corrected chi connectivity index (χ4v) is 4.28. The van der Waals surface area contributed by atoms with Gasteiger partial charge in [-0.3, -0.25) is 4.99 Å². The van der Waals surface area contributed by atoms with Crippen molar-refractivity contribution in [1.29, 1.82) is 0 Å². The van der Waals surface area contributed by atoms with E-state index in [1.165, 1.54) is 0 Å². The first kappa shape index (κ1) is 25.7. The van der Waals surface area contributed by atoms with Crippen LogP contribution >= 0.6 is 24.0 Å². The molecule has 1 aromatic rings. The van der Waals surface area contributed by atoms with Gasteiger partial charge in [0.15, 0.2) is 5.96 Å². The molecule has 11 heteroatoms. The normalized spacial score (nSPS) is 18.7. The van der Waals surface area contributed by atoms with Crippen molar-refractivity contribution < 1.29 is 17.9 Å². The summed E-state index contributed by atoms with van der Waals surface area (Å²) in [6.45, 7) is 8.39. The van der Waals surface area contributed by atoms with E-state index in [4.69, 9.17) is 4.74 Å². The summed E-state index contributed by atoms with van der Waals surface area (Å²) in [5.74, 6) is 0.656. The highest BCUT2D eigenvalue weighted by molar-refractivity contribution is 14.0. The summed E-state index contributed by atoms with van der Waals surface area (Å²) >= 11 is 0. The van der Waals surface area contributed by atoms with Crippen LogP contribution in [0.25, 0.3) is 0 Å². The predicted octanol–water partition coefficient (Wildman–Crippen LogP) is 1.60. The van der Waals surface area contributed by atoms with Crippen molar-refractivity contribution in [2.45, 2.75) is 39.0 Å². The number of carbonyl (C=O) groups excluding carboxylic acids is 1. The van der Waals surface area contributed by atoms with Gasteiger partial charge in [-0.2, -0.15) is 0 Å². The predicted molar refractivity (Wildman–Crippen MR) is 131 cm³/mol. The number of ether oxygens (including phenoxy) is 1. The van der Waals surface area contributed by atoms with E-state index in [-0.39, 0.29) is 55.0 Å². The van der Waals surface area contributed by atoms with Gasteiger partial charge in [0.1, 0.15) is 5.60 Å². The van der Waals surface area contributed by atoms with E-state index >= 15 is 0 Å². The molecule has 174 valence electrons. The van der Waals surface area contributed by atoms with Gasteiger partial charge < -0.3 is 19.9 Å². The zero-order valence-corrected chi connectivity index (χ0v) is 21.4. The standard InChI is InChI=1S/C20H31N5O4S.HI/c1-20(2,3)29-19(26)24-10-11-25-17(15-24)14-22-18(25)21-9-12-30(27,28)23-13-16-7-5-4-6-8-16;/h4-8,17,23H,9-15H2,1-3H3,(H,21,22);1H. The van der Waals surface area contributed by atoms with Crippen molar-refractivity contribution in [3.05, 3.63) is 35.9 Å². The molecule has 0 spiro atoms. The van der Waals surface area contributed by atoms with Crippen LogP contribution in [0, 0.1) is 0 Å². The first-order valence-corrected chi connectivity index (χ1v) is 11.8. The molecule has 1 atom stereocenters. The quantitative estimate of drug-likeness (QED) is 0.509. The number of nitrogens with zero attached hydrogens (tertiary/aromatic N) is 3. The molecule has 0 aromatic heterocycles. The van der Waals surface area contributed by atoms with Crippen LogP contribution in [0.2, 0.25) is 0 Å². The van der Waals surface area contributed by atoms with Gasteiger partial charge in [0.25, 0.3) is 0 Å². The lowest BCUT2D eigenvalue weighted by Crippen LogP contribution is -2.57. The van der Waals surface area contributed by atoms with Crippen molar-refractivity contribution in [2.75, 3.05) is 38.5 Å². The van der Waals surface area contributed by atoms with Crippen molar-refractivity contribution in [3.63, 3.8) is 0 Å². The van der Waals surface area contributed by atoms with Crippen molar-refractivity contribution in [3.8, 4) is 0 Å². The largest absolute Gasteiger partial charge is 0.444 e. The van der Waals surface area contributed by atoms with Gasteiger partial charge in [-0.25, -0.2) is 17.9 Å². The molecule has 2 N–H and O–H groups in total. The van der Waals surface area contributed by atoms with Crippen LogP contribution in [0.3, 0.4) is 0 Å². The van der Waals surface area contributed by atoms with E-state index in [0.29, 0.717) is 32.1 Å². The van der Waals surface area contributed by atoms with Crippen molar-refractivity contribution in [2.24, 2.45) is 4.99 Å². The summed E-state index contributed by atoms with van der Waals surface area (Å²) in [6, 6.07) is 9.49. The monoisotopic (exact) mass is 565 g/mol. The minimum absolute atomic E-state index is 0. The summed E-state index contributed by atoms with van der Waals surface area (Å²) in [7, 11) is -3.39. The van der Waals surface area contributed by atoms with E-state index in [0.717, 1.165) is 5.56 Å². The lowest BCUT2D eigenvalue weighted by atomic mass is 10.2.